The molecule has 0 saturated heterocycles. The zero-order valence-corrected chi connectivity index (χ0v) is 13.7. The average molecular weight is 330 g/mol. The summed E-state index contributed by atoms with van der Waals surface area (Å²) in [5.41, 5.74) is 6.65. The molecule has 0 aromatic heterocycles. The van der Waals surface area contributed by atoms with E-state index in [4.69, 9.17) is 28.9 Å². The zero-order chi connectivity index (χ0) is 15.4. The number of nitrogen functional groups attached to an aromatic ring is 1. The molecule has 0 heterocycles. The molecule has 4 nitrogen and oxygen atoms in total. The number of hydrogen-bond donors (Lipinski definition) is 2. The number of nitrogens with one attached hydrogen (secondary N) is 1. The van der Waals surface area contributed by atoms with Crippen LogP contribution in [-0.2, 0) is 4.79 Å². The van der Waals surface area contributed by atoms with Crippen molar-refractivity contribution < 1.29 is 4.79 Å². The summed E-state index contributed by atoms with van der Waals surface area (Å²) in [6, 6.07) is 3.76. The molecule has 0 bridgehead atoms. The van der Waals surface area contributed by atoms with Gasteiger partial charge in [-0.15, -0.1) is 0 Å². The normalized spacial score (nSPS) is 15.6. The van der Waals surface area contributed by atoms with Crippen molar-refractivity contribution in [2.75, 3.05) is 24.6 Å². The number of rotatable bonds is 5. The standard InChI is InChI=1S/C15H21Cl2N3O/c1-20(11-4-2-3-5-11)7-6-14(21)19-15-12(17)8-10(16)9-13(15)18/h8-9,11H,2-7,18H2,1H3,(H,19,21). The number of carbonyl (C=O) groups excluding carboxylic acids is 1. The second-order valence-corrected chi connectivity index (χ2v) is 6.41. The fraction of sp³-hybridized carbons (Fsp3) is 0.533. The molecule has 1 saturated carbocycles. The third-order valence-electron chi connectivity index (χ3n) is 3.99. The Morgan fingerprint density at radius 1 is 1.38 bits per heavy atom. The van der Waals surface area contributed by atoms with Gasteiger partial charge in [0.2, 0.25) is 5.91 Å². The van der Waals surface area contributed by atoms with Crippen molar-refractivity contribution in [3.05, 3.63) is 22.2 Å². The molecule has 0 unspecified atom stereocenters. The van der Waals surface area contributed by atoms with E-state index in [0.29, 0.717) is 33.9 Å². The Balaban J connectivity index is 1.87. The molecule has 1 aliphatic carbocycles. The van der Waals surface area contributed by atoms with Gasteiger partial charge in [0.25, 0.3) is 0 Å². The summed E-state index contributed by atoms with van der Waals surface area (Å²) in [5, 5.41) is 3.58. The minimum Gasteiger partial charge on any atom is -0.397 e. The predicted molar refractivity (Wildman–Crippen MR) is 89.0 cm³/mol. The second-order valence-electron chi connectivity index (χ2n) is 5.57. The summed E-state index contributed by atoms with van der Waals surface area (Å²) in [7, 11) is 2.08. The maximum atomic E-state index is 12.0. The van der Waals surface area contributed by atoms with E-state index in [1.807, 2.05) is 0 Å². The number of amides is 1. The highest BCUT2D eigenvalue weighted by Gasteiger charge is 2.20. The van der Waals surface area contributed by atoms with Crippen LogP contribution < -0.4 is 11.1 Å². The van der Waals surface area contributed by atoms with Crippen molar-refractivity contribution in [2.45, 2.75) is 38.1 Å². The maximum Gasteiger partial charge on any atom is 0.225 e. The van der Waals surface area contributed by atoms with Crippen LogP contribution in [0.1, 0.15) is 32.1 Å². The van der Waals surface area contributed by atoms with Gasteiger partial charge in [-0.3, -0.25) is 4.79 Å². The van der Waals surface area contributed by atoms with Gasteiger partial charge in [-0.1, -0.05) is 36.0 Å². The molecular formula is C15H21Cl2N3O. The first-order valence-electron chi connectivity index (χ1n) is 7.22. The van der Waals surface area contributed by atoms with Crippen LogP contribution in [0.4, 0.5) is 11.4 Å². The van der Waals surface area contributed by atoms with E-state index in [0.717, 1.165) is 6.54 Å². The summed E-state index contributed by atoms with van der Waals surface area (Å²) in [6.45, 7) is 0.738. The third kappa shape index (κ3) is 4.50. The summed E-state index contributed by atoms with van der Waals surface area (Å²) >= 11 is 11.9. The number of nitrogens with two attached hydrogens (primary N) is 1. The summed E-state index contributed by atoms with van der Waals surface area (Å²) in [5.74, 6) is -0.0873. The van der Waals surface area contributed by atoms with Crippen LogP contribution in [0, 0.1) is 0 Å². The van der Waals surface area contributed by atoms with Crippen molar-refractivity contribution in [2.24, 2.45) is 0 Å². The predicted octanol–water partition coefficient (Wildman–Crippen LogP) is 3.78. The van der Waals surface area contributed by atoms with Gasteiger partial charge in [0.1, 0.15) is 0 Å². The number of halogens is 2. The van der Waals surface area contributed by atoms with Gasteiger partial charge in [0.15, 0.2) is 0 Å². The molecule has 3 N–H and O–H groups in total. The summed E-state index contributed by atoms with van der Waals surface area (Å²) in [6.07, 6.45) is 5.46. The lowest BCUT2D eigenvalue weighted by Crippen LogP contribution is -2.32. The Labute approximate surface area is 135 Å². The molecule has 0 atom stereocenters. The maximum absolute atomic E-state index is 12.0. The monoisotopic (exact) mass is 329 g/mol. The molecule has 1 fully saturated rings. The van der Waals surface area contributed by atoms with Crippen LogP contribution in [0.5, 0.6) is 0 Å². The Morgan fingerprint density at radius 2 is 2.05 bits per heavy atom. The quantitative estimate of drug-likeness (QED) is 0.808. The van der Waals surface area contributed by atoms with Gasteiger partial charge in [-0.25, -0.2) is 0 Å². The van der Waals surface area contributed by atoms with Crippen molar-refractivity contribution in [1.82, 2.24) is 4.90 Å². The average Bonchev–Trinajstić information content (AvgIpc) is 2.94. The van der Waals surface area contributed by atoms with E-state index < -0.39 is 0 Å². The van der Waals surface area contributed by atoms with Gasteiger partial charge < -0.3 is 16.0 Å². The first kappa shape index (κ1) is 16.4. The minimum absolute atomic E-state index is 0.0873. The molecule has 21 heavy (non-hydrogen) atoms. The van der Waals surface area contributed by atoms with Crippen LogP contribution in [0.15, 0.2) is 12.1 Å². The Morgan fingerprint density at radius 3 is 2.67 bits per heavy atom. The lowest BCUT2D eigenvalue weighted by atomic mass is 10.2. The lowest BCUT2D eigenvalue weighted by Gasteiger charge is -2.23. The van der Waals surface area contributed by atoms with Crippen molar-refractivity contribution in [3.8, 4) is 0 Å². The fourth-order valence-corrected chi connectivity index (χ4v) is 3.29. The van der Waals surface area contributed by atoms with Crippen molar-refractivity contribution in [1.29, 1.82) is 0 Å². The highest BCUT2D eigenvalue weighted by molar-refractivity contribution is 6.37. The first-order valence-corrected chi connectivity index (χ1v) is 7.97. The SMILES string of the molecule is CN(CCC(=O)Nc1c(N)cc(Cl)cc1Cl)C1CCCC1. The first-order chi connectivity index (χ1) is 9.97. The van der Waals surface area contributed by atoms with Crippen LogP contribution in [0.2, 0.25) is 10.0 Å². The number of carbonyl (C=O) groups is 1. The van der Waals surface area contributed by atoms with Crippen LogP contribution in [-0.4, -0.2) is 30.4 Å². The highest BCUT2D eigenvalue weighted by atomic mass is 35.5. The van der Waals surface area contributed by atoms with Crippen molar-refractivity contribution >= 4 is 40.5 Å². The van der Waals surface area contributed by atoms with Gasteiger partial charge in [-0.05, 0) is 32.0 Å². The van der Waals surface area contributed by atoms with E-state index in [-0.39, 0.29) is 5.91 Å². The molecule has 6 heteroatoms. The van der Waals surface area contributed by atoms with Gasteiger partial charge >= 0.3 is 0 Å². The number of hydrogen-bond acceptors (Lipinski definition) is 3. The van der Waals surface area contributed by atoms with E-state index in [2.05, 4.69) is 17.3 Å². The topological polar surface area (TPSA) is 58.4 Å². The largest absolute Gasteiger partial charge is 0.397 e. The number of nitrogens with zero attached hydrogens (tertiary/aromatic N) is 1. The van der Waals surface area contributed by atoms with E-state index >= 15 is 0 Å². The van der Waals surface area contributed by atoms with Gasteiger partial charge in [-0.2, -0.15) is 0 Å². The van der Waals surface area contributed by atoms with Crippen LogP contribution >= 0.6 is 23.2 Å². The molecule has 2 rings (SSSR count). The van der Waals surface area contributed by atoms with Gasteiger partial charge in [0.05, 0.1) is 16.4 Å². The van der Waals surface area contributed by atoms with Crippen LogP contribution in [0.25, 0.3) is 0 Å². The molecule has 1 aromatic carbocycles. The van der Waals surface area contributed by atoms with E-state index in [1.54, 1.807) is 12.1 Å². The third-order valence-corrected chi connectivity index (χ3v) is 4.51. The molecule has 1 aliphatic rings. The molecule has 116 valence electrons. The molecule has 0 spiro atoms. The van der Waals surface area contributed by atoms with Crippen LogP contribution in [0.3, 0.4) is 0 Å². The summed E-state index contributed by atoms with van der Waals surface area (Å²) < 4.78 is 0. The molecule has 1 amide bonds. The van der Waals surface area contributed by atoms with E-state index in [9.17, 15) is 4.79 Å². The molecule has 0 aliphatic heterocycles. The lowest BCUT2D eigenvalue weighted by molar-refractivity contribution is -0.116. The fourth-order valence-electron chi connectivity index (χ4n) is 2.73. The Bertz CT molecular complexity index is 493. The second kappa shape index (κ2) is 7.34. The van der Waals surface area contributed by atoms with Gasteiger partial charge in [0, 0.05) is 24.0 Å². The Hall–Kier alpha value is -0.970. The zero-order valence-electron chi connectivity index (χ0n) is 12.2. The number of benzene rings is 1. The molecular weight excluding hydrogens is 309 g/mol. The van der Waals surface area contributed by atoms with E-state index in [1.165, 1.54) is 25.7 Å². The molecule has 0 radical (unpaired) electrons. The molecule has 1 aromatic rings. The summed E-state index contributed by atoms with van der Waals surface area (Å²) in [4.78, 5) is 14.3. The minimum atomic E-state index is -0.0873. The Kier molecular flexibility index (Phi) is 5.73. The highest BCUT2D eigenvalue weighted by Crippen LogP contribution is 2.32. The number of anilines is 2. The smallest absolute Gasteiger partial charge is 0.225 e. The van der Waals surface area contributed by atoms with Crippen molar-refractivity contribution in [3.63, 3.8) is 0 Å².